The van der Waals surface area contributed by atoms with Crippen LogP contribution in [0.4, 0.5) is 0 Å². The molecule has 0 saturated heterocycles. The first kappa shape index (κ1) is 12.0. The monoisotopic (exact) mass is 273 g/mol. The Kier molecular flexibility index (Phi) is 2.87. The Morgan fingerprint density at radius 2 is 1.89 bits per heavy atom. The number of halogens is 1. The number of hydrogen-bond donors (Lipinski definition) is 0. The molecule has 5 heteroatoms. The lowest BCUT2D eigenvalue weighted by Crippen LogP contribution is -2.22. The van der Waals surface area contributed by atoms with Crippen LogP contribution in [-0.2, 0) is 6.54 Å². The van der Waals surface area contributed by atoms with Crippen molar-refractivity contribution in [1.29, 1.82) is 0 Å². The third kappa shape index (κ3) is 1.85. The number of para-hydroxylation sites is 1. The van der Waals surface area contributed by atoms with Crippen LogP contribution in [-0.4, -0.2) is 14.1 Å². The van der Waals surface area contributed by atoms with Gasteiger partial charge in [-0.05, 0) is 31.2 Å². The first-order chi connectivity index (χ1) is 9.22. The number of nitrogens with zero attached hydrogens (tertiary/aromatic N) is 3. The Balaban J connectivity index is 2.45. The molecule has 0 fully saturated rings. The van der Waals surface area contributed by atoms with Crippen LogP contribution in [0.15, 0.2) is 47.3 Å². The van der Waals surface area contributed by atoms with E-state index >= 15 is 0 Å². The number of fused-ring (bicyclic) bond motifs is 1. The zero-order valence-corrected chi connectivity index (χ0v) is 11.1. The molecule has 1 aromatic carbocycles. The van der Waals surface area contributed by atoms with Gasteiger partial charge in [-0.1, -0.05) is 29.8 Å². The van der Waals surface area contributed by atoms with Crippen LogP contribution in [0.1, 0.15) is 6.92 Å². The highest BCUT2D eigenvalue weighted by Crippen LogP contribution is 2.18. The van der Waals surface area contributed by atoms with E-state index in [1.807, 2.05) is 43.3 Å². The molecular weight excluding hydrogens is 262 g/mol. The maximum atomic E-state index is 12.5. The lowest BCUT2D eigenvalue weighted by molar-refractivity contribution is 0.734. The molecule has 19 heavy (non-hydrogen) atoms. The van der Waals surface area contributed by atoms with Crippen molar-refractivity contribution >= 4 is 22.8 Å². The molecule has 0 N–H and O–H groups in total. The molecule has 4 nitrogen and oxygen atoms in total. The van der Waals surface area contributed by atoms with Crippen molar-refractivity contribution in [3.05, 3.63) is 58.1 Å². The van der Waals surface area contributed by atoms with Crippen molar-refractivity contribution in [2.45, 2.75) is 13.5 Å². The van der Waals surface area contributed by atoms with Gasteiger partial charge in [0.25, 0.3) is 0 Å². The molecule has 0 amide bonds. The third-order valence-electron chi connectivity index (χ3n) is 3.08. The summed E-state index contributed by atoms with van der Waals surface area (Å²) in [5.74, 6) is 0. The number of aryl methyl sites for hydroxylation is 1. The smallest absolute Gasteiger partial charge is 0.290 e. The molecular formula is C14H12ClN3O. The zero-order chi connectivity index (χ0) is 13.4. The van der Waals surface area contributed by atoms with E-state index in [2.05, 4.69) is 4.98 Å². The van der Waals surface area contributed by atoms with Crippen LogP contribution < -0.4 is 5.69 Å². The van der Waals surface area contributed by atoms with Crippen LogP contribution >= 0.6 is 11.6 Å². The average Bonchev–Trinajstić information content (AvgIpc) is 2.70. The maximum absolute atomic E-state index is 12.5. The minimum absolute atomic E-state index is 0.0986. The van der Waals surface area contributed by atoms with Gasteiger partial charge in [0, 0.05) is 6.54 Å². The van der Waals surface area contributed by atoms with Crippen LogP contribution in [0, 0.1) is 0 Å². The summed E-state index contributed by atoms with van der Waals surface area (Å²) < 4.78 is 3.27. The van der Waals surface area contributed by atoms with Gasteiger partial charge < -0.3 is 0 Å². The number of imidazole rings is 1. The Morgan fingerprint density at radius 3 is 2.58 bits per heavy atom. The average molecular weight is 274 g/mol. The van der Waals surface area contributed by atoms with Crippen molar-refractivity contribution < 1.29 is 0 Å². The van der Waals surface area contributed by atoms with Gasteiger partial charge in [-0.2, -0.15) is 0 Å². The van der Waals surface area contributed by atoms with Crippen molar-refractivity contribution in [1.82, 2.24) is 14.1 Å². The molecule has 0 spiro atoms. The number of pyridine rings is 1. The van der Waals surface area contributed by atoms with Crippen molar-refractivity contribution in [2.75, 3.05) is 0 Å². The minimum Gasteiger partial charge on any atom is -0.290 e. The van der Waals surface area contributed by atoms with Crippen LogP contribution in [0.2, 0.25) is 5.15 Å². The van der Waals surface area contributed by atoms with E-state index in [1.54, 1.807) is 15.2 Å². The Morgan fingerprint density at radius 1 is 1.16 bits per heavy atom. The van der Waals surface area contributed by atoms with Crippen molar-refractivity contribution in [3.8, 4) is 5.69 Å². The molecule has 0 radical (unpaired) electrons. The lowest BCUT2D eigenvalue weighted by Gasteiger charge is -2.01. The summed E-state index contributed by atoms with van der Waals surface area (Å²) in [5, 5.41) is 0.380. The molecule has 2 aromatic heterocycles. The van der Waals surface area contributed by atoms with E-state index in [0.717, 1.165) is 11.2 Å². The normalized spacial score (nSPS) is 11.1. The second kappa shape index (κ2) is 4.55. The largest absolute Gasteiger partial charge is 0.334 e. The van der Waals surface area contributed by atoms with Crippen molar-refractivity contribution in [3.63, 3.8) is 0 Å². The first-order valence-corrected chi connectivity index (χ1v) is 6.43. The molecule has 0 bridgehead atoms. The van der Waals surface area contributed by atoms with E-state index in [0.29, 0.717) is 17.3 Å². The van der Waals surface area contributed by atoms with Gasteiger partial charge in [-0.15, -0.1) is 0 Å². The highest BCUT2D eigenvalue weighted by atomic mass is 35.5. The number of rotatable bonds is 2. The summed E-state index contributed by atoms with van der Waals surface area (Å²) >= 11 is 5.95. The molecule has 2 heterocycles. The molecule has 0 unspecified atom stereocenters. The van der Waals surface area contributed by atoms with Crippen LogP contribution in [0.25, 0.3) is 16.9 Å². The predicted molar refractivity (Wildman–Crippen MR) is 76.0 cm³/mol. The van der Waals surface area contributed by atoms with E-state index < -0.39 is 0 Å². The molecule has 0 aliphatic carbocycles. The van der Waals surface area contributed by atoms with E-state index in [4.69, 9.17) is 11.6 Å². The highest BCUT2D eigenvalue weighted by molar-refractivity contribution is 6.29. The van der Waals surface area contributed by atoms with Gasteiger partial charge in [-0.25, -0.2) is 14.3 Å². The van der Waals surface area contributed by atoms with E-state index in [-0.39, 0.29) is 5.69 Å². The fraction of sp³-hybridized carbons (Fsp3) is 0.143. The summed E-state index contributed by atoms with van der Waals surface area (Å²) in [5.41, 5.74) is 2.07. The fourth-order valence-corrected chi connectivity index (χ4v) is 2.37. The molecule has 0 aliphatic rings. The standard InChI is InChI=1S/C14H12ClN3O/c1-2-17-11-8-9-12(15)16-13(11)18(14(17)19)10-6-4-3-5-7-10/h3-9H,2H2,1H3. The van der Waals surface area contributed by atoms with E-state index in [1.165, 1.54) is 0 Å². The Bertz CT molecular complexity index is 790. The van der Waals surface area contributed by atoms with Crippen LogP contribution in [0.5, 0.6) is 0 Å². The molecule has 0 atom stereocenters. The predicted octanol–water partition coefficient (Wildman–Crippen LogP) is 2.86. The van der Waals surface area contributed by atoms with Gasteiger partial charge in [0.2, 0.25) is 0 Å². The van der Waals surface area contributed by atoms with Gasteiger partial charge >= 0.3 is 5.69 Å². The summed E-state index contributed by atoms with van der Waals surface area (Å²) in [6, 6.07) is 13.0. The molecule has 96 valence electrons. The summed E-state index contributed by atoms with van der Waals surface area (Å²) in [4.78, 5) is 16.8. The minimum atomic E-state index is -0.0986. The maximum Gasteiger partial charge on any atom is 0.334 e. The van der Waals surface area contributed by atoms with Crippen molar-refractivity contribution in [2.24, 2.45) is 0 Å². The van der Waals surface area contributed by atoms with Gasteiger partial charge in [-0.3, -0.25) is 4.57 Å². The molecule has 0 aliphatic heterocycles. The topological polar surface area (TPSA) is 39.8 Å². The Hall–Kier alpha value is -2.07. The lowest BCUT2D eigenvalue weighted by atomic mass is 10.3. The van der Waals surface area contributed by atoms with E-state index in [9.17, 15) is 4.79 Å². The third-order valence-corrected chi connectivity index (χ3v) is 3.29. The summed E-state index contributed by atoms with van der Waals surface area (Å²) in [7, 11) is 0. The number of benzene rings is 1. The quantitative estimate of drug-likeness (QED) is 0.674. The second-order valence-corrected chi connectivity index (χ2v) is 4.56. The first-order valence-electron chi connectivity index (χ1n) is 6.05. The SMILES string of the molecule is CCn1c(=O)n(-c2ccccc2)c2nc(Cl)ccc21. The fourth-order valence-electron chi connectivity index (χ4n) is 2.22. The summed E-state index contributed by atoms with van der Waals surface area (Å²) in [6.45, 7) is 2.53. The molecule has 0 saturated carbocycles. The van der Waals surface area contributed by atoms with Gasteiger partial charge in [0.05, 0.1) is 11.2 Å². The Labute approximate surface area is 114 Å². The molecule has 3 aromatic rings. The number of aromatic nitrogens is 3. The van der Waals surface area contributed by atoms with Gasteiger partial charge in [0.15, 0.2) is 5.65 Å². The number of hydrogen-bond acceptors (Lipinski definition) is 2. The van der Waals surface area contributed by atoms with Gasteiger partial charge in [0.1, 0.15) is 5.15 Å². The second-order valence-electron chi connectivity index (χ2n) is 4.17. The summed E-state index contributed by atoms with van der Waals surface area (Å²) in [6.07, 6.45) is 0. The zero-order valence-electron chi connectivity index (χ0n) is 10.4. The molecule has 3 rings (SSSR count). The highest BCUT2D eigenvalue weighted by Gasteiger charge is 2.14. The van der Waals surface area contributed by atoms with Crippen LogP contribution in [0.3, 0.4) is 0 Å².